The molecule has 4 heterocycles. The summed E-state index contributed by atoms with van der Waals surface area (Å²) in [6.07, 6.45) is 1.80. The van der Waals surface area contributed by atoms with Gasteiger partial charge in [-0.1, -0.05) is 18.2 Å². The van der Waals surface area contributed by atoms with E-state index in [9.17, 15) is 18.3 Å². The highest BCUT2D eigenvalue weighted by atomic mass is 32.2. The molecule has 0 spiro atoms. The molecule has 1 aliphatic heterocycles. The number of sulfonamides is 1. The van der Waals surface area contributed by atoms with Crippen LogP contribution in [-0.2, 0) is 27.9 Å². The SMILES string of the molecule is CC[C@@H]1CN(Cc2cc([C@@H](c3ccc4c(nnn4CC)c3C)C(C)(C)C(=O)O)sc2C)S(=O)(=O)c2cccnc2O1. The smallest absolute Gasteiger partial charge is 0.310 e. The number of carboxylic acid groups (broad SMARTS) is 1. The number of rotatable bonds is 8. The number of benzene rings is 1. The maximum atomic E-state index is 13.7. The van der Waals surface area contributed by atoms with Crippen molar-refractivity contribution >= 4 is 38.4 Å². The minimum Gasteiger partial charge on any atom is -0.481 e. The van der Waals surface area contributed by atoms with Gasteiger partial charge in [0.1, 0.15) is 16.5 Å². The van der Waals surface area contributed by atoms with Crippen molar-refractivity contribution < 1.29 is 23.1 Å². The van der Waals surface area contributed by atoms with Gasteiger partial charge in [0.25, 0.3) is 0 Å². The second-order valence-corrected chi connectivity index (χ2v) is 14.2. The average molecular weight is 598 g/mol. The molecule has 0 fully saturated rings. The third kappa shape index (κ3) is 5.02. The van der Waals surface area contributed by atoms with Crippen molar-refractivity contribution in [3.05, 3.63) is 63.0 Å². The molecule has 12 heteroatoms. The molecule has 10 nitrogen and oxygen atoms in total. The molecule has 0 aliphatic carbocycles. The Balaban J connectivity index is 1.59. The van der Waals surface area contributed by atoms with E-state index in [0.717, 1.165) is 37.5 Å². The summed E-state index contributed by atoms with van der Waals surface area (Å²) in [7, 11) is -3.87. The first kappa shape index (κ1) is 29.2. The van der Waals surface area contributed by atoms with E-state index in [1.165, 1.54) is 27.9 Å². The Morgan fingerprint density at radius 1 is 1.24 bits per heavy atom. The van der Waals surface area contributed by atoms with Crippen molar-refractivity contribution in [1.82, 2.24) is 24.3 Å². The Kier molecular flexibility index (Phi) is 7.68. The number of ether oxygens (including phenoxy) is 1. The van der Waals surface area contributed by atoms with Gasteiger partial charge in [0.15, 0.2) is 0 Å². The van der Waals surface area contributed by atoms with Gasteiger partial charge in [-0.15, -0.1) is 16.4 Å². The van der Waals surface area contributed by atoms with Crippen LogP contribution in [0.15, 0.2) is 41.4 Å². The third-order valence-corrected chi connectivity index (χ3v) is 11.0. The first-order chi connectivity index (χ1) is 19.4. The molecule has 0 amide bonds. The zero-order valence-electron chi connectivity index (χ0n) is 24.1. The lowest BCUT2D eigenvalue weighted by molar-refractivity contribution is -0.147. The van der Waals surface area contributed by atoms with Gasteiger partial charge in [0.05, 0.1) is 17.5 Å². The van der Waals surface area contributed by atoms with Crippen molar-refractivity contribution in [2.75, 3.05) is 6.54 Å². The van der Waals surface area contributed by atoms with Crippen LogP contribution in [0, 0.1) is 19.3 Å². The highest BCUT2D eigenvalue weighted by Crippen LogP contribution is 2.47. The maximum absolute atomic E-state index is 13.7. The molecule has 0 radical (unpaired) electrons. The van der Waals surface area contributed by atoms with Crippen LogP contribution >= 0.6 is 11.3 Å². The number of aliphatic carboxylic acids is 1. The molecule has 218 valence electrons. The number of thiophene rings is 1. The Morgan fingerprint density at radius 2 is 2.00 bits per heavy atom. The molecular weight excluding hydrogens is 562 g/mol. The van der Waals surface area contributed by atoms with E-state index in [1.807, 2.05) is 50.6 Å². The monoisotopic (exact) mass is 597 g/mol. The van der Waals surface area contributed by atoms with Crippen LogP contribution in [0.25, 0.3) is 11.0 Å². The summed E-state index contributed by atoms with van der Waals surface area (Å²) in [4.78, 5) is 18.6. The Hall–Kier alpha value is -3.35. The number of pyridine rings is 1. The minimum absolute atomic E-state index is 0.0537. The highest BCUT2D eigenvalue weighted by Gasteiger charge is 2.42. The fraction of sp³-hybridized carbons (Fsp3) is 0.448. The fourth-order valence-electron chi connectivity index (χ4n) is 5.47. The van der Waals surface area contributed by atoms with Gasteiger partial charge >= 0.3 is 5.97 Å². The number of nitrogens with zero attached hydrogens (tertiary/aromatic N) is 5. The molecule has 1 N–H and O–H groups in total. The molecule has 2 atom stereocenters. The largest absolute Gasteiger partial charge is 0.481 e. The van der Waals surface area contributed by atoms with Gasteiger partial charge in [0.2, 0.25) is 15.9 Å². The van der Waals surface area contributed by atoms with Gasteiger partial charge in [-0.2, -0.15) is 4.31 Å². The van der Waals surface area contributed by atoms with Crippen molar-refractivity contribution in [2.24, 2.45) is 5.41 Å². The zero-order valence-corrected chi connectivity index (χ0v) is 25.7. The van der Waals surface area contributed by atoms with E-state index in [4.69, 9.17) is 4.74 Å². The first-order valence-corrected chi connectivity index (χ1v) is 15.9. The molecule has 41 heavy (non-hydrogen) atoms. The summed E-state index contributed by atoms with van der Waals surface area (Å²) >= 11 is 1.50. The molecule has 1 aromatic carbocycles. The lowest BCUT2D eigenvalue weighted by Crippen LogP contribution is -2.36. The van der Waals surface area contributed by atoms with Crippen LogP contribution in [0.5, 0.6) is 5.88 Å². The standard InChI is InChI=1S/C29H35N5O5S2/c1-7-20-16-33(41(37,38)24-10-9-13-30-27(24)39-20)15-19-14-23(40-18(19)4)25(29(5,6)28(35)36)21-11-12-22-26(17(21)3)31-32-34(22)8-2/h9-14,20,25H,7-8,15-16H2,1-6H3,(H,35,36)/t20-,25-/m1/s1. The normalized spacial score (nSPS) is 18.0. The lowest BCUT2D eigenvalue weighted by atomic mass is 9.72. The number of carboxylic acids is 1. The van der Waals surface area contributed by atoms with Crippen LogP contribution in [0.1, 0.15) is 66.5 Å². The summed E-state index contributed by atoms with van der Waals surface area (Å²) in [5.74, 6) is -1.29. The predicted molar refractivity (Wildman–Crippen MR) is 157 cm³/mol. The number of carbonyl (C=O) groups is 1. The quantitative estimate of drug-likeness (QED) is 0.296. The molecular formula is C29H35N5O5S2. The van der Waals surface area contributed by atoms with Crippen LogP contribution in [-0.4, -0.2) is 56.4 Å². The van der Waals surface area contributed by atoms with Gasteiger partial charge in [-0.05, 0) is 82.0 Å². The maximum Gasteiger partial charge on any atom is 0.310 e. The van der Waals surface area contributed by atoms with E-state index in [0.29, 0.717) is 13.0 Å². The van der Waals surface area contributed by atoms with E-state index < -0.39 is 27.3 Å². The minimum atomic E-state index is -3.87. The lowest BCUT2D eigenvalue weighted by Gasteiger charge is -2.31. The van der Waals surface area contributed by atoms with Crippen LogP contribution in [0.4, 0.5) is 0 Å². The van der Waals surface area contributed by atoms with Crippen molar-refractivity contribution in [3.8, 4) is 5.88 Å². The Labute approximate surface area is 244 Å². The summed E-state index contributed by atoms with van der Waals surface area (Å²) in [6.45, 7) is 12.3. The van der Waals surface area contributed by atoms with Crippen LogP contribution in [0.3, 0.4) is 0 Å². The summed E-state index contributed by atoms with van der Waals surface area (Å²) in [5, 5.41) is 19.0. The average Bonchev–Trinajstić information content (AvgIpc) is 3.49. The Morgan fingerprint density at radius 3 is 2.68 bits per heavy atom. The van der Waals surface area contributed by atoms with Crippen LogP contribution < -0.4 is 4.74 Å². The summed E-state index contributed by atoms with van der Waals surface area (Å²) in [6, 6.07) is 9.01. The number of aryl methyl sites for hydroxylation is 3. The number of fused-ring (bicyclic) bond motifs is 2. The second kappa shape index (κ2) is 10.8. The van der Waals surface area contributed by atoms with Gasteiger partial charge in [0, 0.05) is 35.0 Å². The Bertz CT molecular complexity index is 1730. The van der Waals surface area contributed by atoms with Crippen LogP contribution in [0.2, 0.25) is 0 Å². The van der Waals surface area contributed by atoms with Gasteiger partial charge in [-0.25, -0.2) is 18.1 Å². The zero-order chi connectivity index (χ0) is 29.7. The van der Waals surface area contributed by atoms with Crippen molar-refractivity contribution in [1.29, 1.82) is 0 Å². The topological polar surface area (TPSA) is 128 Å². The molecule has 5 rings (SSSR count). The molecule has 0 unspecified atom stereocenters. The number of aromatic nitrogens is 4. The summed E-state index contributed by atoms with van der Waals surface area (Å²) < 4.78 is 36.7. The molecule has 4 aromatic rings. The van der Waals surface area contributed by atoms with E-state index in [2.05, 4.69) is 15.3 Å². The molecule has 3 aromatic heterocycles. The first-order valence-electron chi connectivity index (χ1n) is 13.7. The van der Waals surface area contributed by atoms with E-state index >= 15 is 0 Å². The number of hydrogen-bond acceptors (Lipinski definition) is 8. The van der Waals surface area contributed by atoms with Gasteiger partial charge < -0.3 is 9.84 Å². The third-order valence-electron chi connectivity index (χ3n) is 8.03. The predicted octanol–water partition coefficient (Wildman–Crippen LogP) is 5.13. The summed E-state index contributed by atoms with van der Waals surface area (Å²) in [5.41, 5.74) is 3.07. The van der Waals surface area contributed by atoms with Crippen molar-refractivity contribution in [3.63, 3.8) is 0 Å². The highest BCUT2D eigenvalue weighted by molar-refractivity contribution is 7.89. The molecule has 0 bridgehead atoms. The molecule has 0 saturated carbocycles. The van der Waals surface area contributed by atoms with Crippen molar-refractivity contribution in [2.45, 2.75) is 78.0 Å². The molecule has 0 saturated heterocycles. The number of hydrogen-bond donors (Lipinski definition) is 1. The molecule has 1 aliphatic rings. The van der Waals surface area contributed by atoms with Gasteiger partial charge in [-0.3, -0.25) is 4.79 Å². The van der Waals surface area contributed by atoms with E-state index in [-0.39, 0.29) is 30.0 Å². The van der Waals surface area contributed by atoms with E-state index in [1.54, 1.807) is 19.9 Å². The fourth-order valence-corrected chi connectivity index (χ4v) is 8.34. The second-order valence-electron chi connectivity index (χ2n) is 11.0.